The van der Waals surface area contributed by atoms with Gasteiger partial charge in [0.25, 0.3) is 0 Å². The van der Waals surface area contributed by atoms with Crippen LogP contribution in [0.1, 0.15) is 52.4 Å². The summed E-state index contributed by atoms with van der Waals surface area (Å²) < 4.78 is 11.5. The van der Waals surface area contributed by atoms with Gasteiger partial charge in [-0.3, -0.25) is 0 Å². The van der Waals surface area contributed by atoms with Gasteiger partial charge >= 0.3 is 5.97 Å². The molecular weight excluding hydrogens is 252 g/mol. The summed E-state index contributed by atoms with van der Waals surface area (Å²) in [7, 11) is 1.79. The number of rotatable bonds is 4. The van der Waals surface area contributed by atoms with Gasteiger partial charge in [0.15, 0.2) is 0 Å². The number of hydrogen-bond acceptors (Lipinski definition) is 3. The predicted molar refractivity (Wildman–Crippen MR) is 77.2 cm³/mol. The smallest absolute Gasteiger partial charge is 0.333 e. The molecule has 0 heterocycles. The molecule has 4 aliphatic carbocycles. The molecule has 4 atom stereocenters. The molecule has 0 amide bonds. The molecule has 4 saturated carbocycles. The van der Waals surface area contributed by atoms with Crippen molar-refractivity contribution >= 4 is 5.97 Å². The molecule has 0 radical (unpaired) electrons. The van der Waals surface area contributed by atoms with Crippen LogP contribution in [0.2, 0.25) is 0 Å². The van der Waals surface area contributed by atoms with E-state index in [0.717, 1.165) is 25.9 Å². The normalized spacial score (nSPS) is 45.5. The van der Waals surface area contributed by atoms with Crippen LogP contribution >= 0.6 is 0 Å². The number of hydrogen-bond donors (Lipinski definition) is 0. The van der Waals surface area contributed by atoms with Crippen molar-refractivity contribution in [3.8, 4) is 0 Å². The minimum Gasteiger partial charge on any atom is -0.456 e. The Bertz CT molecular complexity index is 457. The fourth-order valence-corrected chi connectivity index (χ4v) is 5.90. The molecule has 4 bridgehead atoms. The Labute approximate surface area is 121 Å². The zero-order valence-electron chi connectivity index (χ0n) is 13.0. The molecule has 20 heavy (non-hydrogen) atoms. The maximum Gasteiger partial charge on any atom is 0.333 e. The van der Waals surface area contributed by atoms with Gasteiger partial charge in [0, 0.05) is 12.7 Å². The predicted octanol–water partition coefficient (Wildman–Crippen LogP) is 3.48. The van der Waals surface area contributed by atoms with Gasteiger partial charge in [-0.05, 0) is 62.2 Å². The van der Waals surface area contributed by atoms with Gasteiger partial charge in [0.2, 0.25) is 0 Å². The summed E-state index contributed by atoms with van der Waals surface area (Å²) in [6.45, 7) is 8.62. The van der Waals surface area contributed by atoms with E-state index in [4.69, 9.17) is 9.47 Å². The lowest BCUT2D eigenvalue weighted by Gasteiger charge is -2.65. The highest BCUT2D eigenvalue weighted by molar-refractivity contribution is 5.87. The number of ether oxygens (including phenoxy) is 2. The van der Waals surface area contributed by atoms with Gasteiger partial charge in [-0.1, -0.05) is 13.5 Å². The minimum atomic E-state index is -0.261. The molecule has 4 aliphatic rings. The fraction of sp³-hybridized carbons (Fsp3) is 0.824. The molecule has 0 spiro atoms. The van der Waals surface area contributed by atoms with Crippen LogP contribution in [0.4, 0.5) is 0 Å². The second kappa shape index (κ2) is 4.33. The maximum absolute atomic E-state index is 12.0. The molecule has 0 saturated heterocycles. The summed E-state index contributed by atoms with van der Waals surface area (Å²) in [5.41, 5.74) is 0.778. The summed E-state index contributed by atoms with van der Waals surface area (Å²) >= 11 is 0. The fourth-order valence-electron chi connectivity index (χ4n) is 5.90. The molecule has 0 N–H and O–H groups in total. The lowest BCUT2D eigenvalue weighted by Crippen LogP contribution is -2.61. The third-order valence-corrected chi connectivity index (χ3v) is 5.52. The zero-order chi connectivity index (χ0) is 14.6. The standard InChI is InChI=1S/C17H26O3/c1-12(2)14(18)20-17-7-13-5-15(3,9-17)8-16(6-13,10-17)11-19-4/h13H,1,5-11H2,2-4H3. The number of esters is 1. The SMILES string of the molecule is C=C(C)C(=O)OC12CC3CC(C)(CC(COC)(C3)C1)C2. The van der Waals surface area contributed by atoms with E-state index >= 15 is 0 Å². The molecule has 0 aromatic carbocycles. The van der Waals surface area contributed by atoms with E-state index in [1.165, 1.54) is 19.3 Å². The van der Waals surface area contributed by atoms with E-state index in [9.17, 15) is 4.79 Å². The van der Waals surface area contributed by atoms with Crippen molar-refractivity contribution in [2.24, 2.45) is 16.7 Å². The Morgan fingerprint density at radius 3 is 2.60 bits per heavy atom. The van der Waals surface area contributed by atoms with Crippen LogP contribution in [-0.2, 0) is 14.3 Å². The maximum atomic E-state index is 12.0. The van der Waals surface area contributed by atoms with Crippen LogP contribution in [-0.4, -0.2) is 25.3 Å². The summed E-state index contributed by atoms with van der Waals surface area (Å²) in [5, 5.41) is 0. The van der Waals surface area contributed by atoms with Gasteiger partial charge in [0.1, 0.15) is 5.60 Å². The van der Waals surface area contributed by atoms with Crippen molar-refractivity contribution in [1.82, 2.24) is 0 Å². The second-order valence-corrected chi connectivity index (χ2v) is 8.11. The van der Waals surface area contributed by atoms with Gasteiger partial charge in [-0.2, -0.15) is 0 Å². The summed E-state index contributed by atoms with van der Waals surface area (Å²) in [6, 6.07) is 0. The third kappa shape index (κ3) is 2.20. The highest BCUT2D eigenvalue weighted by Crippen LogP contribution is 2.67. The summed E-state index contributed by atoms with van der Waals surface area (Å²) in [6.07, 6.45) is 6.76. The van der Waals surface area contributed by atoms with Crippen molar-refractivity contribution < 1.29 is 14.3 Å². The van der Waals surface area contributed by atoms with Crippen LogP contribution in [0.5, 0.6) is 0 Å². The van der Waals surface area contributed by atoms with Crippen LogP contribution < -0.4 is 0 Å². The highest BCUT2D eigenvalue weighted by Gasteiger charge is 2.63. The van der Waals surface area contributed by atoms with Crippen molar-refractivity contribution in [3.05, 3.63) is 12.2 Å². The molecule has 4 unspecified atom stereocenters. The van der Waals surface area contributed by atoms with E-state index in [1.807, 2.05) is 0 Å². The van der Waals surface area contributed by atoms with Crippen molar-refractivity contribution in [3.63, 3.8) is 0 Å². The van der Waals surface area contributed by atoms with Crippen LogP contribution in [0.15, 0.2) is 12.2 Å². The number of carbonyl (C=O) groups is 1. The van der Waals surface area contributed by atoms with Gasteiger partial charge in [0.05, 0.1) is 6.61 Å². The first-order chi connectivity index (χ1) is 9.29. The zero-order valence-corrected chi connectivity index (χ0v) is 13.0. The summed E-state index contributed by atoms with van der Waals surface area (Å²) in [5.74, 6) is 0.465. The quantitative estimate of drug-likeness (QED) is 0.583. The summed E-state index contributed by atoms with van der Waals surface area (Å²) in [4.78, 5) is 12.0. The van der Waals surface area contributed by atoms with Crippen molar-refractivity contribution in [2.75, 3.05) is 13.7 Å². The molecule has 112 valence electrons. The van der Waals surface area contributed by atoms with Crippen molar-refractivity contribution in [1.29, 1.82) is 0 Å². The number of carbonyl (C=O) groups excluding carboxylic acids is 1. The van der Waals surface area contributed by atoms with Crippen molar-refractivity contribution in [2.45, 2.75) is 58.0 Å². The molecule has 3 nitrogen and oxygen atoms in total. The van der Waals surface area contributed by atoms with Gasteiger partial charge in [-0.25, -0.2) is 4.79 Å². The molecule has 0 aliphatic heterocycles. The first kappa shape index (κ1) is 14.1. The Balaban J connectivity index is 1.89. The van der Waals surface area contributed by atoms with Gasteiger partial charge in [-0.15, -0.1) is 0 Å². The van der Waals surface area contributed by atoms with E-state index in [-0.39, 0.29) is 17.0 Å². The van der Waals surface area contributed by atoms with E-state index in [2.05, 4.69) is 13.5 Å². The third-order valence-electron chi connectivity index (χ3n) is 5.52. The molecule has 3 heteroatoms. The largest absolute Gasteiger partial charge is 0.456 e. The average Bonchev–Trinajstić information content (AvgIpc) is 2.23. The molecule has 0 aromatic rings. The number of methoxy groups -OCH3 is 1. The first-order valence-electron chi connectivity index (χ1n) is 7.67. The van der Waals surface area contributed by atoms with Crippen LogP contribution in [0, 0.1) is 16.7 Å². The highest BCUT2D eigenvalue weighted by atomic mass is 16.6. The van der Waals surface area contributed by atoms with Gasteiger partial charge < -0.3 is 9.47 Å². The Kier molecular flexibility index (Phi) is 3.06. The molecule has 4 fully saturated rings. The lowest BCUT2D eigenvalue weighted by molar-refractivity contribution is -0.224. The Morgan fingerprint density at radius 1 is 1.25 bits per heavy atom. The second-order valence-electron chi connectivity index (χ2n) is 8.11. The topological polar surface area (TPSA) is 35.5 Å². The molecule has 0 aromatic heterocycles. The van der Waals surface area contributed by atoms with E-state index in [1.54, 1.807) is 14.0 Å². The van der Waals surface area contributed by atoms with E-state index in [0.29, 0.717) is 16.9 Å². The van der Waals surface area contributed by atoms with Crippen LogP contribution in [0.3, 0.4) is 0 Å². The monoisotopic (exact) mass is 278 g/mol. The molecule has 4 rings (SSSR count). The first-order valence-corrected chi connectivity index (χ1v) is 7.67. The average molecular weight is 278 g/mol. The Hall–Kier alpha value is -0.830. The Morgan fingerprint density at radius 2 is 2.00 bits per heavy atom. The minimum absolute atomic E-state index is 0.219. The lowest BCUT2D eigenvalue weighted by atomic mass is 9.43. The molecular formula is C17H26O3. The van der Waals surface area contributed by atoms with E-state index < -0.39 is 0 Å². The van der Waals surface area contributed by atoms with Crippen LogP contribution in [0.25, 0.3) is 0 Å².